The molecule has 2 amide bonds. The van der Waals surface area contributed by atoms with Crippen molar-refractivity contribution in [2.45, 2.75) is 27.2 Å². The number of carbonyl (C=O) groups excluding carboxylic acids is 2. The molecule has 1 heterocycles. The van der Waals surface area contributed by atoms with E-state index in [2.05, 4.69) is 20.8 Å². The minimum atomic E-state index is -0.170. The second-order valence-corrected chi connectivity index (χ2v) is 5.21. The Morgan fingerprint density at radius 3 is 2.41 bits per heavy atom. The van der Waals surface area contributed by atoms with Crippen LogP contribution in [-0.4, -0.2) is 28.6 Å². The van der Waals surface area contributed by atoms with Crippen LogP contribution < -0.4 is 10.6 Å². The minimum Gasteiger partial charge on any atom is -0.350 e. The van der Waals surface area contributed by atoms with Crippen molar-refractivity contribution in [1.29, 1.82) is 0 Å². The summed E-state index contributed by atoms with van der Waals surface area (Å²) in [4.78, 5) is 22.9. The summed E-state index contributed by atoms with van der Waals surface area (Å²) in [6.45, 7) is 5.76. The van der Waals surface area contributed by atoms with Crippen LogP contribution in [0.2, 0.25) is 0 Å². The predicted octanol–water partition coefficient (Wildman–Crippen LogP) is 1.96. The SMILES string of the molecule is CC(=O)Nc1ccc(CCNC(=O)c2n[nH]c(C)c2C)cc1. The van der Waals surface area contributed by atoms with Gasteiger partial charge in [-0.3, -0.25) is 14.7 Å². The van der Waals surface area contributed by atoms with Gasteiger partial charge in [-0.25, -0.2) is 0 Å². The van der Waals surface area contributed by atoms with E-state index in [9.17, 15) is 9.59 Å². The van der Waals surface area contributed by atoms with Gasteiger partial charge in [-0.05, 0) is 38.0 Å². The Kier molecular flexibility index (Phi) is 4.93. The molecule has 0 unspecified atom stereocenters. The number of benzene rings is 1. The Balaban J connectivity index is 1.84. The van der Waals surface area contributed by atoms with E-state index >= 15 is 0 Å². The van der Waals surface area contributed by atoms with Gasteiger partial charge in [-0.1, -0.05) is 12.1 Å². The van der Waals surface area contributed by atoms with Crippen LogP contribution in [0.25, 0.3) is 0 Å². The van der Waals surface area contributed by atoms with Crippen molar-refractivity contribution in [1.82, 2.24) is 15.5 Å². The van der Waals surface area contributed by atoms with Gasteiger partial charge in [0.1, 0.15) is 0 Å². The molecule has 0 aliphatic heterocycles. The van der Waals surface area contributed by atoms with E-state index in [1.807, 2.05) is 38.1 Å². The van der Waals surface area contributed by atoms with Gasteiger partial charge >= 0.3 is 0 Å². The molecule has 0 atom stereocenters. The van der Waals surface area contributed by atoms with E-state index in [4.69, 9.17) is 0 Å². The third-order valence-electron chi connectivity index (χ3n) is 3.44. The van der Waals surface area contributed by atoms with Crippen LogP contribution in [0, 0.1) is 13.8 Å². The average molecular weight is 300 g/mol. The highest BCUT2D eigenvalue weighted by Crippen LogP contribution is 2.10. The standard InChI is InChI=1S/C16H20N4O2/c1-10-11(2)19-20-15(10)16(22)17-9-8-13-4-6-14(7-5-13)18-12(3)21/h4-7H,8-9H2,1-3H3,(H,17,22)(H,18,21)(H,19,20). The number of aromatic amines is 1. The van der Waals surface area contributed by atoms with Crippen LogP contribution in [0.4, 0.5) is 5.69 Å². The largest absolute Gasteiger partial charge is 0.350 e. The van der Waals surface area contributed by atoms with E-state index in [1.54, 1.807) is 0 Å². The summed E-state index contributed by atoms with van der Waals surface area (Å²) in [7, 11) is 0. The first-order valence-corrected chi connectivity index (χ1v) is 7.13. The maximum absolute atomic E-state index is 12.0. The van der Waals surface area contributed by atoms with Crippen molar-refractivity contribution >= 4 is 17.5 Å². The number of carbonyl (C=O) groups is 2. The lowest BCUT2D eigenvalue weighted by atomic mass is 10.1. The van der Waals surface area contributed by atoms with Crippen LogP contribution in [0.1, 0.15) is 34.2 Å². The van der Waals surface area contributed by atoms with Crippen molar-refractivity contribution in [3.8, 4) is 0 Å². The van der Waals surface area contributed by atoms with Gasteiger partial charge in [0, 0.05) is 30.4 Å². The molecular formula is C16H20N4O2. The maximum Gasteiger partial charge on any atom is 0.272 e. The van der Waals surface area contributed by atoms with Crippen molar-refractivity contribution in [3.05, 3.63) is 46.8 Å². The summed E-state index contributed by atoms with van der Waals surface area (Å²) in [6.07, 6.45) is 0.717. The highest BCUT2D eigenvalue weighted by atomic mass is 16.2. The fourth-order valence-corrected chi connectivity index (χ4v) is 2.07. The molecule has 0 bridgehead atoms. The van der Waals surface area contributed by atoms with Gasteiger partial charge in [-0.15, -0.1) is 0 Å². The van der Waals surface area contributed by atoms with Crippen molar-refractivity contribution < 1.29 is 9.59 Å². The average Bonchev–Trinajstić information content (AvgIpc) is 2.80. The van der Waals surface area contributed by atoms with Crippen molar-refractivity contribution in [2.75, 3.05) is 11.9 Å². The molecular weight excluding hydrogens is 280 g/mol. The molecule has 22 heavy (non-hydrogen) atoms. The lowest BCUT2D eigenvalue weighted by molar-refractivity contribution is -0.114. The number of amides is 2. The number of hydrogen-bond acceptors (Lipinski definition) is 3. The van der Waals surface area contributed by atoms with E-state index < -0.39 is 0 Å². The van der Waals surface area contributed by atoms with Crippen molar-refractivity contribution in [2.24, 2.45) is 0 Å². The smallest absolute Gasteiger partial charge is 0.272 e. The molecule has 6 nitrogen and oxygen atoms in total. The number of aryl methyl sites for hydroxylation is 1. The summed E-state index contributed by atoms with van der Waals surface area (Å²) in [5, 5.41) is 12.4. The van der Waals surface area contributed by atoms with Gasteiger partial charge < -0.3 is 10.6 Å². The zero-order valence-corrected chi connectivity index (χ0v) is 13.0. The Labute approximate surface area is 129 Å². The molecule has 0 radical (unpaired) electrons. The first-order chi connectivity index (χ1) is 10.5. The molecule has 3 N–H and O–H groups in total. The summed E-state index contributed by atoms with van der Waals surface area (Å²) < 4.78 is 0. The zero-order valence-electron chi connectivity index (χ0n) is 13.0. The summed E-state index contributed by atoms with van der Waals surface area (Å²) in [6, 6.07) is 7.56. The van der Waals surface area contributed by atoms with Crippen LogP contribution in [0.3, 0.4) is 0 Å². The van der Waals surface area contributed by atoms with Crippen LogP contribution >= 0.6 is 0 Å². The normalized spacial score (nSPS) is 10.3. The molecule has 0 aliphatic rings. The van der Waals surface area contributed by atoms with Gasteiger partial charge in [0.15, 0.2) is 5.69 Å². The zero-order chi connectivity index (χ0) is 16.1. The highest BCUT2D eigenvalue weighted by Gasteiger charge is 2.13. The second kappa shape index (κ2) is 6.89. The molecule has 2 rings (SSSR count). The number of rotatable bonds is 5. The molecule has 6 heteroatoms. The molecule has 1 aromatic carbocycles. The number of nitrogens with one attached hydrogen (secondary N) is 3. The first-order valence-electron chi connectivity index (χ1n) is 7.13. The Bertz CT molecular complexity index is 674. The summed E-state index contributed by atoms with van der Waals surface area (Å²) in [5.74, 6) is -0.263. The van der Waals surface area contributed by atoms with E-state index in [-0.39, 0.29) is 11.8 Å². The van der Waals surface area contributed by atoms with Crippen molar-refractivity contribution in [3.63, 3.8) is 0 Å². The third-order valence-corrected chi connectivity index (χ3v) is 3.44. The molecule has 0 aliphatic carbocycles. The molecule has 0 saturated carbocycles. The van der Waals surface area contributed by atoms with Gasteiger partial charge in [0.2, 0.25) is 5.91 Å². The molecule has 2 aromatic rings. The first kappa shape index (κ1) is 15.8. The molecule has 0 fully saturated rings. The molecule has 1 aromatic heterocycles. The van der Waals surface area contributed by atoms with Crippen LogP contribution in [-0.2, 0) is 11.2 Å². The number of H-pyrrole nitrogens is 1. The fourth-order valence-electron chi connectivity index (χ4n) is 2.07. The van der Waals surface area contributed by atoms with E-state index in [0.717, 1.165) is 22.5 Å². The van der Waals surface area contributed by atoms with Gasteiger partial charge in [-0.2, -0.15) is 5.10 Å². The lowest BCUT2D eigenvalue weighted by Gasteiger charge is -2.06. The van der Waals surface area contributed by atoms with E-state index in [1.165, 1.54) is 6.92 Å². The monoisotopic (exact) mass is 300 g/mol. The summed E-state index contributed by atoms with van der Waals surface area (Å²) in [5.41, 5.74) is 4.07. The Morgan fingerprint density at radius 2 is 1.86 bits per heavy atom. The summed E-state index contributed by atoms with van der Waals surface area (Å²) >= 11 is 0. The lowest BCUT2D eigenvalue weighted by Crippen LogP contribution is -2.26. The minimum absolute atomic E-state index is 0.0929. The highest BCUT2D eigenvalue weighted by molar-refractivity contribution is 5.93. The Hall–Kier alpha value is -2.63. The van der Waals surface area contributed by atoms with Gasteiger partial charge in [0.05, 0.1) is 0 Å². The maximum atomic E-state index is 12.0. The third kappa shape index (κ3) is 3.94. The molecule has 0 saturated heterocycles. The number of nitrogens with zero attached hydrogens (tertiary/aromatic N) is 1. The fraction of sp³-hybridized carbons (Fsp3) is 0.312. The quantitative estimate of drug-likeness (QED) is 0.789. The molecule has 116 valence electrons. The molecule has 0 spiro atoms. The number of aromatic nitrogens is 2. The second-order valence-electron chi connectivity index (χ2n) is 5.21. The van der Waals surface area contributed by atoms with Gasteiger partial charge in [0.25, 0.3) is 5.91 Å². The van der Waals surface area contributed by atoms with E-state index in [0.29, 0.717) is 18.7 Å². The predicted molar refractivity (Wildman–Crippen MR) is 84.8 cm³/mol. The number of anilines is 1. The number of hydrogen-bond donors (Lipinski definition) is 3. The Morgan fingerprint density at radius 1 is 1.18 bits per heavy atom. The topological polar surface area (TPSA) is 86.9 Å². The van der Waals surface area contributed by atoms with Crippen LogP contribution in [0.15, 0.2) is 24.3 Å². The van der Waals surface area contributed by atoms with Crippen LogP contribution in [0.5, 0.6) is 0 Å².